The Bertz CT molecular complexity index is 1020. The van der Waals surface area contributed by atoms with Crippen LogP contribution in [0.15, 0.2) is 48.5 Å². The molecule has 1 N–H and O–H groups in total. The maximum absolute atomic E-state index is 12.9. The number of ether oxygens (including phenoxy) is 3. The number of amides is 3. The summed E-state index contributed by atoms with van der Waals surface area (Å²) in [5.41, 5.74) is 0.137. The molecule has 0 saturated carbocycles. The monoisotopic (exact) mass is 426 g/mol. The predicted octanol–water partition coefficient (Wildman–Crippen LogP) is 1.99. The van der Waals surface area contributed by atoms with Crippen LogP contribution in [-0.2, 0) is 31.2 Å². The fourth-order valence-electron chi connectivity index (χ4n) is 3.21. The molecular weight excluding hydrogens is 404 g/mol. The number of nitrogens with zero attached hydrogens (tertiary/aromatic N) is 1. The third-order valence-electron chi connectivity index (χ3n) is 4.98. The zero-order valence-electron chi connectivity index (χ0n) is 17.3. The van der Waals surface area contributed by atoms with Crippen molar-refractivity contribution in [1.29, 1.82) is 0 Å². The summed E-state index contributed by atoms with van der Waals surface area (Å²) in [5.74, 6) is -1.22. The van der Waals surface area contributed by atoms with Crippen LogP contribution in [0.2, 0.25) is 0 Å². The van der Waals surface area contributed by atoms with Crippen LogP contribution in [-0.4, -0.2) is 49.5 Å². The van der Waals surface area contributed by atoms with Crippen molar-refractivity contribution < 1.29 is 33.4 Å². The molecule has 3 amide bonds. The van der Waals surface area contributed by atoms with Gasteiger partial charge in [-0.05, 0) is 42.3 Å². The summed E-state index contributed by atoms with van der Waals surface area (Å²) < 4.78 is 14.9. The van der Waals surface area contributed by atoms with Crippen molar-refractivity contribution >= 4 is 23.9 Å². The van der Waals surface area contributed by atoms with Gasteiger partial charge < -0.3 is 19.5 Å². The zero-order valence-corrected chi connectivity index (χ0v) is 17.3. The van der Waals surface area contributed by atoms with Crippen LogP contribution < -0.4 is 10.1 Å². The highest BCUT2D eigenvalue weighted by molar-refractivity contribution is 6.08. The zero-order chi connectivity index (χ0) is 22.6. The first kappa shape index (κ1) is 21.8. The van der Waals surface area contributed by atoms with E-state index in [9.17, 15) is 19.2 Å². The predicted molar refractivity (Wildman–Crippen MR) is 108 cm³/mol. The molecule has 0 radical (unpaired) electrons. The maximum Gasteiger partial charge on any atom is 0.337 e. The average Bonchev–Trinajstić information content (AvgIpc) is 3.01. The van der Waals surface area contributed by atoms with E-state index in [1.807, 2.05) is 0 Å². The first-order valence-electron chi connectivity index (χ1n) is 9.40. The molecule has 0 aromatic heterocycles. The van der Waals surface area contributed by atoms with E-state index in [-0.39, 0.29) is 6.61 Å². The van der Waals surface area contributed by atoms with E-state index >= 15 is 0 Å². The number of hydrogen-bond acceptors (Lipinski definition) is 7. The van der Waals surface area contributed by atoms with Gasteiger partial charge in [0.2, 0.25) is 0 Å². The van der Waals surface area contributed by atoms with E-state index in [2.05, 4.69) is 10.1 Å². The Morgan fingerprint density at radius 3 is 2.42 bits per heavy atom. The third kappa shape index (κ3) is 4.50. The number of rotatable bonds is 7. The number of carbonyl (C=O) groups excluding carboxylic acids is 4. The molecule has 0 spiro atoms. The summed E-state index contributed by atoms with van der Waals surface area (Å²) in [5, 5.41) is 2.63. The Balaban J connectivity index is 1.64. The van der Waals surface area contributed by atoms with Gasteiger partial charge in [0.15, 0.2) is 0 Å². The van der Waals surface area contributed by atoms with E-state index in [1.165, 1.54) is 20.3 Å². The second-order valence-corrected chi connectivity index (χ2v) is 7.03. The molecular formula is C22H22N2O7. The van der Waals surface area contributed by atoms with Gasteiger partial charge in [-0.3, -0.25) is 14.5 Å². The minimum Gasteiger partial charge on any atom is -0.497 e. The van der Waals surface area contributed by atoms with Gasteiger partial charge in [-0.1, -0.05) is 24.3 Å². The number of carbonyl (C=O) groups is 4. The standard InChI is InChI=1S/C22H22N2O7/c1-22(16-7-9-17(29-2)10-8-16)20(27)24(21(28)23-22)12-18(25)31-13-14-5-4-6-15(11-14)19(26)30-3/h4-11H,12-13H2,1-3H3,(H,23,28). The molecule has 0 aliphatic carbocycles. The average molecular weight is 426 g/mol. The number of imide groups is 1. The van der Waals surface area contributed by atoms with Crippen molar-refractivity contribution in [3.8, 4) is 5.75 Å². The van der Waals surface area contributed by atoms with Crippen molar-refractivity contribution in [2.75, 3.05) is 20.8 Å². The van der Waals surface area contributed by atoms with E-state index in [0.717, 1.165) is 4.90 Å². The van der Waals surface area contributed by atoms with E-state index in [1.54, 1.807) is 49.4 Å². The Labute approximate surface area is 178 Å². The number of nitrogens with one attached hydrogen (secondary N) is 1. The van der Waals surface area contributed by atoms with Crippen molar-refractivity contribution in [2.45, 2.75) is 19.1 Å². The second-order valence-electron chi connectivity index (χ2n) is 7.03. The number of benzene rings is 2. The second kappa shape index (κ2) is 8.86. The molecule has 1 fully saturated rings. The van der Waals surface area contributed by atoms with Crippen LogP contribution in [0, 0.1) is 0 Å². The smallest absolute Gasteiger partial charge is 0.337 e. The maximum atomic E-state index is 12.9. The SMILES string of the molecule is COC(=O)c1cccc(COC(=O)CN2C(=O)NC(C)(c3ccc(OC)cc3)C2=O)c1. The lowest BCUT2D eigenvalue weighted by Crippen LogP contribution is -2.41. The van der Waals surface area contributed by atoms with Crippen LogP contribution in [0.1, 0.15) is 28.4 Å². The number of hydrogen-bond donors (Lipinski definition) is 1. The molecule has 1 atom stereocenters. The van der Waals surface area contributed by atoms with Gasteiger partial charge in [0.05, 0.1) is 19.8 Å². The van der Waals surface area contributed by atoms with Crippen molar-refractivity contribution in [3.05, 3.63) is 65.2 Å². The number of urea groups is 1. The van der Waals surface area contributed by atoms with Crippen LogP contribution >= 0.6 is 0 Å². The van der Waals surface area contributed by atoms with E-state index in [0.29, 0.717) is 22.4 Å². The molecule has 2 aromatic rings. The van der Waals surface area contributed by atoms with Gasteiger partial charge in [0.25, 0.3) is 5.91 Å². The summed E-state index contributed by atoms with van der Waals surface area (Å²) in [6, 6.07) is 12.4. The Morgan fingerprint density at radius 1 is 1.06 bits per heavy atom. The van der Waals surface area contributed by atoms with Gasteiger partial charge in [0.1, 0.15) is 24.4 Å². The molecule has 9 nitrogen and oxygen atoms in total. The van der Waals surface area contributed by atoms with Crippen molar-refractivity contribution in [3.63, 3.8) is 0 Å². The molecule has 0 bridgehead atoms. The van der Waals surface area contributed by atoms with Gasteiger partial charge >= 0.3 is 18.0 Å². The highest BCUT2D eigenvalue weighted by Gasteiger charge is 2.49. The molecule has 1 saturated heterocycles. The van der Waals surface area contributed by atoms with Crippen LogP contribution in [0.3, 0.4) is 0 Å². The highest BCUT2D eigenvalue weighted by atomic mass is 16.5. The van der Waals surface area contributed by atoms with Gasteiger partial charge in [-0.25, -0.2) is 9.59 Å². The Hall–Kier alpha value is -3.88. The topological polar surface area (TPSA) is 111 Å². The van der Waals surface area contributed by atoms with Crippen molar-refractivity contribution in [2.24, 2.45) is 0 Å². The lowest BCUT2D eigenvalue weighted by molar-refractivity contribution is -0.148. The molecule has 31 heavy (non-hydrogen) atoms. The van der Waals surface area contributed by atoms with Gasteiger partial charge in [-0.15, -0.1) is 0 Å². The largest absolute Gasteiger partial charge is 0.497 e. The number of esters is 2. The fourth-order valence-corrected chi connectivity index (χ4v) is 3.21. The fraction of sp³-hybridized carbons (Fsp3) is 0.273. The normalized spacial score (nSPS) is 17.8. The molecule has 162 valence electrons. The summed E-state index contributed by atoms with van der Waals surface area (Å²) in [6.07, 6.45) is 0. The lowest BCUT2D eigenvalue weighted by atomic mass is 9.92. The van der Waals surface area contributed by atoms with E-state index in [4.69, 9.17) is 9.47 Å². The molecule has 1 unspecified atom stereocenters. The molecule has 1 aliphatic heterocycles. The lowest BCUT2D eigenvalue weighted by Gasteiger charge is -2.22. The van der Waals surface area contributed by atoms with Gasteiger partial charge in [-0.2, -0.15) is 0 Å². The van der Waals surface area contributed by atoms with Gasteiger partial charge in [0, 0.05) is 0 Å². The first-order valence-corrected chi connectivity index (χ1v) is 9.40. The highest BCUT2D eigenvalue weighted by Crippen LogP contribution is 2.30. The van der Waals surface area contributed by atoms with Crippen LogP contribution in [0.25, 0.3) is 0 Å². The minimum atomic E-state index is -1.31. The quantitative estimate of drug-likeness (QED) is 0.532. The Morgan fingerprint density at radius 2 is 1.77 bits per heavy atom. The summed E-state index contributed by atoms with van der Waals surface area (Å²) >= 11 is 0. The molecule has 9 heteroatoms. The summed E-state index contributed by atoms with van der Waals surface area (Å²) in [4.78, 5) is 50.0. The molecule has 1 heterocycles. The summed E-state index contributed by atoms with van der Waals surface area (Å²) in [6.45, 7) is 0.912. The van der Waals surface area contributed by atoms with Crippen molar-refractivity contribution in [1.82, 2.24) is 10.2 Å². The first-order chi connectivity index (χ1) is 14.8. The number of methoxy groups -OCH3 is 2. The third-order valence-corrected chi connectivity index (χ3v) is 4.98. The molecule has 1 aliphatic rings. The van der Waals surface area contributed by atoms with Crippen LogP contribution in [0.5, 0.6) is 5.75 Å². The molecule has 3 rings (SSSR count). The van der Waals surface area contributed by atoms with E-state index < -0.39 is 36.0 Å². The minimum absolute atomic E-state index is 0.122. The Kier molecular flexibility index (Phi) is 6.24. The van der Waals surface area contributed by atoms with Crippen LogP contribution in [0.4, 0.5) is 4.79 Å². The summed E-state index contributed by atoms with van der Waals surface area (Å²) in [7, 11) is 2.80. The molecule has 2 aromatic carbocycles.